The lowest BCUT2D eigenvalue weighted by Gasteiger charge is -2.11. The van der Waals surface area contributed by atoms with Crippen LogP contribution in [0, 0.1) is 5.82 Å². The molecule has 0 aliphatic carbocycles. The van der Waals surface area contributed by atoms with E-state index in [1.54, 1.807) is 42.7 Å². The summed E-state index contributed by atoms with van der Waals surface area (Å²) in [6.45, 7) is 0. The quantitative estimate of drug-likeness (QED) is 0.324. The van der Waals surface area contributed by atoms with Gasteiger partial charge in [0.15, 0.2) is 5.82 Å². The van der Waals surface area contributed by atoms with Crippen molar-refractivity contribution in [1.82, 2.24) is 29.9 Å². The highest BCUT2D eigenvalue weighted by molar-refractivity contribution is 6.31. The Balaban J connectivity index is 1.61. The van der Waals surface area contributed by atoms with E-state index in [0.29, 0.717) is 33.8 Å². The minimum atomic E-state index is -1.05. The molecule has 0 aliphatic heterocycles. The summed E-state index contributed by atoms with van der Waals surface area (Å²) in [6.07, 6.45) is 5.76. The maximum atomic E-state index is 13.5. The average molecular weight is 488 g/mol. The number of carboxylic acid groups (broad SMARTS) is 1. The van der Waals surface area contributed by atoms with E-state index < -0.39 is 11.8 Å². The van der Waals surface area contributed by atoms with E-state index in [9.17, 15) is 9.18 Å². The molecule has 0 aliphatic rings. The SMILES string of the molecule is O=C(O)C=Cc1cccc(-c2cnc(Nc3ccc(F)c(Cl)c3)nc2-n2nc3cccnc3n2)c1. The second kappa shape index (κ2) is 9.27. The summed E-state index contributed by atoms with van der Waals surface area (Å²) in [5.74, 6) is -1.02. The van der Waals surface area contributed by atoms with Gasteiger partial charge in [-0.2, -0.15) is 4.98 Å². The van der Waals surface area contributed by atoms with Crippen LogP contribution in [0.3, 0.4) is 0 Å². The van der Waals surface area contributed by atoms with Crippen LogP contribution in [-0.4, -0.2) is 41.0 Å². The van der Waals surface area contributed by atoms with Crippen molar-refractivity contribution in [2.24, 2.45) is 0 Å². The molecule has 0 saturated heterocycles. The topological polar surface area (TPSA) is 119 Å². The summed E-state index contributed by atoms with van der Waals surface area (Å²) < 4.78 is 13.5. The van der Waals surface area contributed by atoms with Crippen molar-refractivity contribution in [3.05, 3.63) is 89.5 Å². The molecule has 0 saturated carbocycles. The van der Waals surface area contributed by atoms with Gasteiger partial charge in [0.2, 0.25) is 11.6 Å². The van der Waals surface area contributed by atoms with Gasteiger partial charge in [-0.25, -0.2) is 19.2 Å². The van der Waals surface area contributed by atoms with Crippen molar-refractivity contribution in [1.29, 1.82) is 0 Å². The summed E-state index contributed by atoms with van der Waals surface area (Å²) >= 11 is 5.89. The van der Waals surface area contributed by atoms with E-state index in [1.165, 1.54) is 29.1 Å². The van der Waals surface area contributed by atoms with Crippen molar-refractivity contribution in [3.8, 4) is 16.9 Å². The van der Waals surface area contributed by atoms with Gasteiger partial charge in [-0.1, -0.05) is 29.8 Å². The average Bonchev–Trinajstić information content (AvgIpc) is 3.29. The molecule has 0 atom stereocenters. The zero-order chi connectivity index (χ0) is 24.4. The second-order valence-corrected chi connectivity index (χ2v) is 7.72. The van der Waals surface area contributed by atoms with Gasteiger partial charge < -0.3 is 10.4 Å². The van der Waals surface area contributed by atoms with Crippen molar-refractivity contribution < 1.29 is 14.3 Å². The lowest BCUT2D eigenvalue weighted by molar-refractivity contribution is -0.131. The zero-order valence-electron chi connectivity index (χ0n) is 17.8. The Bertz CT molecular complexity index is 1570. The van der Waals surface area contributed by atoms with Crippen LogP contribution in [0.4, 0.5) is 16.0 Å². The Morgan fingerprint density at radius 3 is 2.77 bits per heavy atom. The van der Waals surface area contributed by atoms with Crippen molar-refractivity contribution in [2.75, 3.05) is 5.32 Å². The van der Waals surface area contributed by atoms with Crippen molar-refractivity contribution in [3.63, 3.8) is 0 Å². The van der Waals surface area contributed by atoms with Crippen LogP contribution in [0.2, 0.25) is 5.02 Å². The fraction of sp³-hybridized carbons (Fsp3) is 0. The molecule has 2 aromatic carbocycles. The maximum absolute atomic E-state index is 13.5. The molecule has 11 heteroatoms. The van der Waals surface area contributed by atoms with Gasteiger partial charge in [-0.05, 0) is 53.6 Å². The molecule has 172 valence electrons. The first-order valence-corrected chi connectivity index (χ1v) is 10.6. The Morgan fingerprint density at radius 2 is 1.97 bits per heavy atom. The third-order valence-electron chi connectivity index (χ3n) is 4.91. The van der Waals surface area contributed by atoms with Crippen LogP contribution in [0.5, 0.6) is 0 Å². The zero-order valence-corrected chi connectivity index (χ0v) is 18.6. The second-order valence-electron chi connectivity index (χ2n) is 7.32. The van der Waals surface area contributed by atoms with Gasteiger partial charge in [-0.3, -0.25) is 0 Å². The predicted octanol–water partition coefficient (Wildman–Crippen LogP) is 4.91. The third kappa shape index (κ3) is 4.82. The minimum Gasteiger partial charge on any atom is -0.478 e. The number of carbonyl (C=O) groups is 1. The number of hydrogen-bond acceptors (Lipinski definition) is 7. The van der Waals surface area contributed by atoms with E-state index in [1.807, 2.05) is 6.07 Å². The molecule has 5 aromatic rings. The van der Waals surface area contributed by atoms with Gasteiger partial charge in [0.1, 0.15) is 11.3 Å². The largest absolute Gasteiger partial charge is 0.478 e. The molecule has 5 rings (SSSR count). The highest BCUT2D eigenvalue weighted by Crippen LogP contribution is 2.28. The minimum absolute atomic E-state index is 0.0378. The van der Waals surface area contributed by atoms with Crippen LogP contribution in [0.1, 0.15) is 5.56 Å². The van der Waals surface area contributed by atoms with Crippen molar-refractivity contribution in [2.45, 2.75) is 0 Å². The highest BCUT2D eigenvalue weighted by Gasteiger charge is 2.16. The van der Waals surface area contributed by atoms with E-state index in [2.05, 4.69) is 30.5 Å². The molecule has 35 heavy (non-hydrogen) atoms. The lowest BCUT2D eigenvalue weighted by atomic mass is 10.0. The molecular weight excluding hydrogens is 473 g/mol. The number of anilines is 2. The van der Waals surface area contributed by atoms with E-state index in [0.717, 1.165) is 11.6 Å². The first-order valence-electron chi connectivity index (χ1n) is 10.3. The molecule has 9 nitrogen and oxygen atoms in total. The Kier molecular flexibility index (Phi) is 5.86. The molecule has 0 bridgehead atoms. The first kappa shape index (κ1) is 22.1. The molecule has 3 heterocycles. The summed E-state index contributed by atoms with van der Waals surface area (Å²) in [5.41, 5.74) is 3.51. The molecular formula is C24H15ClFN7O2. The predicted molar refractivity (Wildman–Crippen MR) is 129 cm³/mol. The number of hydrogen-bond donors (Lipinski definition) is 2. The standard InChI is InChI=1S/C24H15ClFN7O2/c25-18-12-16(7-8-19(18)26)29-24-28-13-17(15-4-1-3-14(11-15)6-9-21(34)35)23(30-24)33-31-20-5-2-10-27-22(20)32-33/h1-13H,(H,34,35)(H,28,29,30). The Morgan fingerprint density at radius 1 is 1.09 bits per heavy atom. The van der Waals surface area contributed by atoms with E-state index in [-0.39, 0.29) is 11.0 Å². The van der Waals surface area contributed by atoms with E-state index in [4.69, 9.17) is 16.7 Å². The van der Waals surface area contributed by atoms with Crippen LogP contribution in [-0.2, 0) is 4.79 Å². The molecule has 0 fully saturated rings. The van der Waals surface area contributed by atoms with Crippen LogP contribution in [0.25, 0.3) is 34.2 Å². The maximum Gasteiger partial charge on any atom is 0.328 e. The molecule has 2 N–H and O–H groups in total. The summed E-state index contributed by atoms with van der Waals surface area (Å²) in [6, 6.07) is 14.9. The summed E-state index contributed by atoms with van der Waals surface area (Å²) in [7, 11) is 0. The number of nitrogens with one attached hydrogen (secondary N) is 1. The van der Waals surface area contributed by atoms with E-state index >= 15 is 0 Å². The molecule has 0 radical (unpaired) electrons. The number of pyridine rings is 1. The van der Waals surface area contributed by atoms with Crippen LogP contribution >= 0.6 is 11.6 Å². The van der Waals surface area contributed by atoms with Gasteiger partial charge >= 0.3 is 5.97 Å². The van der Waals surface area contributed by atoms with Gasteiger partial charge in [-0.15, -0.1) is 15.0 Å². The monoisotopic (exact) mass is 487 g/mol. The number of aliphatic carboxylic acids is 1. The van der Waals surface area contributed by atoms with Crippen molar-refractivity contribution >= 4 is 46.4 Å². The Labute approximate surface area is 202 Å². The van der Waals surface area contributed by atoms with Crippen LogP contribution in [0.15, 0.2) is 73.1 Å². The smallest absolute Gasteiger partial charge is 0.328 e. The fourth-order valence-electron chi connectivity index (χ4n) is 3.32. The van der Waals surface area contributed by atoms with Gasteiger partial charge in [0.25, 0.3) is 0 Å². The van der Waals surface area contributed by atoms with Gasteiger partial charge in [0.05, 0.1) is 5.02 Å². The molecule has 3 aromatic heterocycles. The number of nitrogens with zero attached hydrogens (tertiary/aromatic N) is 6. The third-order valence-corrected chi connectivity index (χ3v) is 5.20. The molecule has 0 amide bonds. The highest BCUT2D eigenvalue weighted by atomic mass is 35.5. The number of fused-ring (bicyclic) bond motifs is 1. The number of halogens is 2. The number of benzene rings is 2. The van der Waals surface area contributed by atoms with Gasteiger partial charge in [0, 0.05) is 29.7 Å². The van der Waals surface area contributed by atoms with Crippen LogP contribution < -0.4 is 5.32 Å². The number of rotatable bonds is 6. The normalized spacial score (nSPS) is 11.3. The molecule has 0 spiro atoms. The Hall–Kier alpha value is -4.70. The number of aromatic nitrogens is 6. The fourth-order valence-corrected chi connectivity index (χ4v) is 3.50. The summed E-state index contributed by atoms with van der Waals surface area (Å²) in [5, 5.41) is 20.8. The first-order chi connectivity index (χ1) is 17.0. The summed E-state index contributed by atoms with van der Waals surface area (Å²) in [4.78, 5) is 25.5. The lowest BCUT2D eigenvalue weighted by Crippen LogP contribution is -2.08. The number of carboxylic acids is 1. The molecule has 0 unspecified atom stereocenters.